The minimum absolute atomic E-state index is 0.792. The summed E-state index contributed by atoms with van der Waals surface area (Å²) in [7, 11) is 1.74. The van der Waals surface area contributed by atoms with Crippen LogP contribution in [-0.4, -0.2) is 7.11 Å². The van der Waals surface area contributed by atoms with E-state index in [0.29, 0.717) is 0 Å². The first-order chi connectivity index (χ1) is 17.0. The summed E-state index contributed by atoms with van der Waals surface area (Å²) in [6.07, 6.45) is 18.4. The molecular weight excluding hydrogens is 426 g/mol. The fourth-order valence-corrected chi connectivity index (χ4v) is 5.70. The minimum atomic E-state index is 0.792. The molecule has 0 saturated heterocycles. The van der Waals surface area contributed by atoms with Gasteiger partial charge in [-0.15, -0.1) is 6.58 Å². The highest BCUT2D eigenvalue weighted by atomic mass is 16.5. The Labute approximate surface area is 214 Å². The number of hydrogen-bond donors (Lipinski definition) is 1. The van der Waals surface area contributed by atoms with Crippen molar-refractivity contribution in [1.82, 2.24) is 0 Å². The van der Waals surface area contributed by atoms with Gasteiger partial charge in [-0.25, -0.2) is 0 Å². The van der Waals surface area contributed by atoms with Crippen molar-refractivity contribution < 1.29 is 4.74 Å². The van der Waals surface area contributed by atoms with Gasteiger partial charge in [-0.05, 0) is 109 Å². The first kappa shape index (κ1) is 26.9. The van der Waals surface area contributed by atoms with Crippen molar-refractivity contribution in [1.29, 1.82) is 0 Å². The first-order valence-electron chi connectivity index (χ1n) is 13.5. The number of aryl methyl sites for hydroxylation is 3. The predicted molar refractivity (Wildman–Crippen MR) is 152 cm³/mol. The minimum Gasteiger partial charge on any atom is -0.496 e. The number of unbranched alkanes of at least 4 members (excludes halogenated alkanes) is 2. The Morgan fingerprint density at radius 2 is 1.77 bits per heavy atom. The largest absolute Gasteiger partial charge is 0.496 e. The van der Waals surface area contributed by atoms with Crippen molar-refractivity contribution in [2.45, 2.75) is 84.5 Å². The molecule has 0 radical (unpaired) electrons. The van der Waals surface area contributed by atoms with E-state index in [-0.39, 0.29) is 0 Å². The molecule has 0 bridgehead atoms. The average molecular weight is 472 g/mol. The highest BCUT2D eigenvalue weighted by Crippen LogP contribution is 2.34. The van der Waals surface area contributed by atoms with Crippen LogP contribution in [0.1, 0.15) is 84.9 Å². The van der Waals surface area contributed by atoms with Gasteiger partial charge in [0.2, 0.25) is 0 Å². The lowest BCUT2D eigenvalue weighted by molar-refractivity contribution is 0.408. The first-order valence-corrected chi connectivity index (χ1v) is 13.5. The van der Waals surface area contributed by atoms with E-state index in [9.17, 15) is 0 Å². The summed E-state index contributed by atoms with van der Waals surface area (Å²) >= 11 is 0. The van der Waals surface area contributed by atoms with Gasteiger partial charge in [-0.2, -0.15) is 0 Å². The molecule has 0 aliphatic heterocycles. The molecule has 3 rings (SSSR count). The summed E-state index contributed by atoms with van der Waals surface area (Å²) in [6.45, 7) is 12.9. The van der Waals surface area contributed by atoms with Gasteiger partial charge in [-0.3, -0.25) is 0 Å². The van der Waals surface area contributed by atoms with Crippen LogP contribution in [-0.2, 0) is 38.5 Å². The normalized spacial score (nSPS) is 15.2. The van der Waals surface area contributed by atoms with Gasteiger partial charge in [0.25, 0.3) is 0 Å². The van der Waals surface area contributed by atoms with Crippen molar-refractivity contribution in [3.63, 3.8) is 0 Å². The number of fused-ring (bicyclic) bond motifs is 1. The molecule has 0 fully saturated rings. The molecule has 0 aromatic heterocycles. The lowest BCUT2D eigenvalue weighted by Crippen LogP contribution is -2.15. The summed E-state index contributed by atoms with van der Waals surface area (Å²) in [5, 5.41) is 0. The maximum atomic E-state index is 5.83. The number of nitrogens with two attached hydrogens (primary N) is 1. The quantitative estimate of drug-likeness (QED) is 0.183. The van der Waals surface area contributed by atoms with Crippen molar-refractivity contribution in [3.8, 4) is 5.75 Å². The molecule has 188 valence electrons. The number of ether oxygens (including phenoxy) is 1. The molecule has 0 saturated carbocycles. The van der Waals surface area contributed by atoms with Crippen molar-refractivity contribution >= 4 is 5.57 Å². The molecule has 1 atom stereocenters. The van der Waals surface area contributed by atoms with Crippen LogP contribution in [0.3, 0.4) is 0 Å². The molecule has 2 heteroatoms. The van der Waals surface area contributed by atoms with Gasteiger partial charge in [-0.1, -0.05) is 63.6 Å². The van der Waals surface area contributed by atoms with E-state index in [1.54, 1.807) is 29.4 Å². The Hall–Kier alpha value is -2.74. The molecule has 1 unspecified atom stereocenters. The van der Waals surface area contributed by atoms with E-state index in [1.165, 1.54) is 75.1 Å². The van der Waals surface area contributed by atoms with Crippen LogP contribution in [0.25, 0.3) is 5.57 Å². The SMILES string of the molecule is C=CCc1c(CCCCCc2ccc3c(c2CCC)CC(C)CC3)ccc(C(=C)/C=C\N)c1OC. The lowest BCUT2D eigenvalue weighted by atomic mass is 9.79. The average Bonchev–Trinajstić information content (AvgIpc) is 2.85. The number of methoxy groups -OCH3 is 1. The van der Waals surface area contributed by atoms with Crippen LogP contribution in [0.5, 0.6) is 5.75 Å². The molecular formula is C33H45NO. The summed E-state index contributed by atoms with van der Waals surface area (Å²) in [4.78, 5) is 0. The second kappa shape index (κ2) is 13.4. The van der Waals surface area contributed by atoms with E-state index in [4.69, 9.17) is 10.5 Å². The monoisotopic (exact) mass is 471 g/mol. The third-order valence-corrected chi connectivity index (χ3v) is 7.53. The molecule has 35 heavy (non-hydrogen) atoms. The Kier molecular flexibility index (Phi) is 10.3. The molecule has 2 aromatic carbocycles. The highest BCUT2D eigenvalue weighted by Gasteiger charge is 2.20. The second-order valence-corrected chi connectivity index (χ2v) is 10.2. The molecule has 1 aliphatic rings. The second-order valence-electron chi connectivity index (χ2n) is 10.2. The molecule has 2 N–H and O–H groups in total. The lowest BCUT2D eigenvalue weighted by Gasteiger charge is -2.26. The van der Waals surface area contributed by atoms with Gasteiger partial charge >= 0.3 is 0 Å². The van der Waals surface area contributed by atoms with Crippen LogP contribution in [0, 0.1) is 5.92 Å². The van der Waals surface area contributed by atoms with E-state index in [2.05, 4.69) is 51.3 Å². The number of benzene rings is 2. The molecule has 2 nitrogen and oxygen atoms in total. The zero-order chi connectivity index (χ0) is 25.2. The zero-order valence-corrected chi connectivity index (χ0v) is 22.3. The molecule has 0 heterocycles. The Bertz CT molecular complexity index is 1050. The maximum absolute atomic E-state index is 5.83. The molecule has 2 aromatic rings. The van der Waals surface area contributed by atoms with Crippen LogP contribution in [0.4, 0.5) is 0 Å². The van der Waals surface area contributed by atoms with Crippen LogP contribution in [0.15, 0.2) is 55.8 Å². The van der Waals surface area contributed by atoms with E-state index < -0.39 is 0 Å². The Balaban J connectivity index is 1.66. The fraction of sp³-hybridized carbons (Fsp3) is 0.455. The van der Waals surface area contributed by atoms with E-state index >= 15 is 0 Å². The summed E-state index contributed by atoms with van der Waals surface area (Å²) < 4.78 is 5.83. The number of rotatable bonds is 13. The van der Waals surface area contributed by atoms with E-state index in [0.717, 1.165) is 35.6 Å². The molecule has 1 aliphatic carbocycles. The topological polar surface area (TPSA) is 35.2 Å². The maximum Gasteiger partial charge on any atom is 0.130 e. The van der Waals surface area contributed by atoms with Crippen LogP contribution >= 0.6 is 0 Å². The molecule has 0 amide bonds. The predicted octanol–water partition coefficient (Wildman–Crippen LogP) is 7.94. The van der Waals surface area contributed by atoms with Gasteiger partial charge in [0.15, 0.2) is 0 Å². The van der Waals surface area contributed by atoms with Crippen LogP contribution < -0.4 is 10.5 Å². The Morgan fingerprint density at radius 3 is 2.43 bits per heavy atom. The third-order valence-electron chi connectivity index (χ3n) is 7.53. The molecule has 0 spiro atoms. The number of hydrogen-bond acceptors (Lipinski definition) is 2. The fourth-order valence-electron chi connectivity index (χ4n) is 5.70. The smallest absolute Gasteiger partial charge is 0.130 e. The van der Waals surface area contributed by atoms with Gasteiger partial charge in [0, 0.05) is 11.1 Å². The van der Waals surface area contributed by atoms with Gasteiger partial charge in [0.05, 0.1) is 7.11 Å². The summed E-state index contributed by atoms with van der Waals surface area (Å²) in [6, 6.07) is 9.22. The van der Waals surface area contributed by atoms with Crippen molar-refractivity contribution in [2.24, 2.45) is 11.7 Å². The van der Waals surface area contributed by atoms with E-state index in [1.807, 2.05) is 12.2 Å². The van der Waals surface area contributed by atoms with Gasteiger partial charge in [0.1, 0.15) is 5.75 Å². The number of allylic oxidation sites excluding steroid dienone is 3. The van der Waals surface area contributed by atoms with Gasteiger partial charge < -0.3 is 10.5 Å². The zero-order valence-electron chi connectivity index (χ0n) is 22.3. The van der Waals surface area contributed by atoms with Crippen molar-refractivity contribution in [2.75, 3.05) is 7.11 Å². The summed E-state index contributed by atoms with van der Waals surface area (Å²) in [5.74, 6) is 1.72. The summed E-state index contributed by atoms with van der Waals surface area (Å²) in [5.41, 5.74) is 16.6. The third kappa shape index (κ3) is 6.69. The standard InChI is InChI=1S/C33H45NO/c1-6-11-30-26(17-18-28-16-15-24(3)23-32(28)30)13-9-8-10-14-27-19-20-29(25(4)21-22-34)33(35-5)31(27)12-7-2/h7,17-22,24H,2,4,6,8-16,23,34H2,1,3,5H3/b22-21-. The highest BCUT2D eigenvalue weighted by molar-refractivity contribution is 5.77. The van der Waals surface area contributed by atoms with Crippen LogP contribution in [0.2, 0.25) is 0 Å². The van der Waals surface area contributed by atoms with Crippen molar-refractivity contribution in [3.05, 3.63) is 94.7 Å². The Morgan fingerprint density at radius 1 is 1.06 bits per heavy atom.